The lowest BCUT2D eigenvalue weighted by molar-refractivity contribution is 0.640. The molecule has 3 atom stereocenters. The fourth-order valence-electron chi connectivity index (χ4n) is 6.86. The molecule has 1 aliphatic heterocycles. The van der Waals surface area contributed by atoms with Crippen molar-refractivity contribution in [2.24, 2.45) is 5.92 Å². The molecule has 0 fully saturated rings. The molecule has 0 amide bonds. The predicted octanol–water partition coefficient (Wildman–Crippen LogP) is 11.6. The summed E-state index contributed by atoms with van der Waals surface area (Å²) in [4.78, 5) is 2.42. The molecule has 0 saturated carbocycles. The van der Waals surface area contributed by atoms with E-state index in [9.17, 15) is 0 Å². The van der Waals surface area contributed by atoms with Gasteiger partial charge in [0.05, 0.1) is 11.4 Å². The van der Waals surface area contributed by atoms with Crippen LogP contribution in [0.2, 0.25) is 0 Å². The highest BCUT2D eigenvalue weighted by Crippen LogP contribution is 2.54. The third-order valence-corrected chi connectivity index (χ3v) is 9.00. The van der Waals surface area contributed by atoms with Crippen molar-refractivity contribution < 1.29 is 0 Å². The quantitative estimate of drug-likeness (QED) is 0.332. The summed E-state index contributed by atoms with van der Waals surface area (Å²) in [5.74, 6) is 0.745. The number of allylic oxidation sites excluding steroid dienone is 15. The van der Waals surface area contributed by atoms with E-state index in [1.54, 1.807) is 0 Å². The van der Waals surface area contributed by atoms with Crippen LogP contribution in [0.4, 0.5) is 11.4 Å². The number of fused-ring (bicyclic) bond motifs is 2. The number of benzene rings is 3. The van der Waals surface area contributed by atoms with Crippen LogP contribution in [0.15, 0.2) is 139 Å². The third kappa shape index (κ3) is 5.82. The van der Waals surface area contributed by atoms with E-state index in [-0.39, 0.29) is 6.17 Å². The number of rotatable bonds is 4. The second kappa shape index (κ2) is 13.4. The fraction of sp³-hybridized carbons (Fsp3) is 0.238. The van der Waals surface area contributed by atoms with Crippen molar-refractivity contribution in [3.05, 3.63) is 150 Å². The van der Waals surface area contributed by atoms with Gasteiger partial charge in [-0.2, -0.15) is 0 Å². The number of nitrogens with zero attached hydrogens (tertiary/aromatic N) is 1. The summed E-state index contributed by atoms with van der Waals surface area (Å²) in [6.45, 7) is 8.82. The summed E-state index contributed by atoms with van der Waals surface area (Å²) in [6.07, 6.45) is 34.8. The standard InChI is InChI=1S/C35H34N2.C7H10/c1-4-23-37-25(3)36-34-32(27-18-10-9-15-24(27)2)30-21-13-14-22-31(30)33(35(34)37)29-20-12-11-19-28(29)26-16-7-5-6-8-17-26;1-7-5-3-2-4-6-7/h4-7,9-25,27,36H,8H2,1-3H3;3,5-6H,2,4H2,1H3/b23-4-;. The number of hydrogen-bond donors (Lipinski definition) is 1. The summed E-state index contributed by atoms with van der Waals surface area (Å²) in [5.41, 5.74) is 10.5. The van der Waals surface area contributed by atoms with Crippen molar-refractivity contribution in [1.29, 1.82) is 0 Å². The van der Waals surface area contributed by atoms with Gasteiger partial charge in [-0.3, -0.25) is 0 Å². The summed E-state index contributed by atoms with van der Waals surface area (Å²) < 4.78 is 0. The lowest BCUT2D eigenvalue weighted by Gasteiger charge is -2.28. The number of anilines is 2. The monoisotopic (exact) mass is 576 g/mol. The average Bonchev–Trinajstić information content (AvgIpc) is 3.20. The van der Waals surface area contributed by atoms with E-state index < -0.39 is 0 Å². The number of nitrogens with one attached hydrogen (secondary N) is 1. The average molecular weight is 577 g/mol. The lowest BCUT2D eigenvalue weighted by atomic mass is 9.78. The molecule has 2 nitrogen and oxygen atoms in total. The molecule has 0 radical (unpaired) electrons. The lowest BCUT2D eigenvalue weighted by Crippen LogP contribution is -2.27. The van der Waals surface area contributed by atoms with E-state index >= 15 is 0 Å². The van der Waals surface area contributed by atoms with Crippen molar-refractivity contribution in [3.8, 4) is 11.1 Å². The molecule has 0 aromatic heterocycles. The van der Waals surface area contributed by atoms with Crippen molar-refractivity contribution in [2.45, 2.75) is 59.0 Å². The second-order valence-electron chi connectivity index (χ2n) is 12.1. The Labute approximate surface area is 263 Å². The predicted molar refractivity (Wildman–Crippen MR) is 193 cm³/mol. The molecule has 0 spiro atoms. The van der Waals surface area contributed by atoms with Crippen LogP contribution in [0.25, 0.3) is 27.5 Å². The molecule has 2 heteroatoms. The van der Waals surface area contributed by atoms with Crippen molar-refractivity contribution in [2.75, 3.05) is 10.2 Å². The zero-order chi connectivity index (χ0) is 30.5. The Hall–Kier alpha value is -4.56. The van der Waals surface area contributed by atoms with Gasteiger partial charge in [0, 0.05) is 17.7 Å². The zero-order valence-corrected chi connectivity index (χ0v) is 26.5. The summed E-state index contributed by atoms with van der Waals surface area (Å²) in [5, 5.41) is 6.54. The molecule has 3 aliphatic carbocycles. The van der Waals surface area contributed by atoms with E-state index in [1.165, 1.54) is 68.4 Å². The first-order valence-electron chi connectivity index (χ1n) is 16.2. The summed E-state index contributed by atoms with van der Waals surface area (Å²) in [6, 6.07) is 17.9. The highest BCUT2D eigenvalue weighted by atomic mass is 15.3. The van der Waals surface area contributed by atoms with Crippen LogP contribution in [0.3, 0.4) is 0 Å². The first-order chi connectivity index (χ1) is 21.6. The van der Waals surface area contributed by atoms with E-state index in [1.807, 2.05) is 0 Å². The highest BCUT2D eigenvalue weighted by molar-refractivity contribution is 6.13. The van der Waals surface area contributed by atoms with Gasteiger partial charge in [0.25, 0.3) is 0 Å². The summed E-state index contributed by atoms with van der Waals surface area (Å²) in [7, 11) is 0. The smallest absolute Gasteiger partial charge is 0.100 e. The Morgan fingerprint density at radius 3 is 2.30 bits per heavy atom. The van der Waals surface area contributed by atoms with Gasteiger partial charge in [-0.1, -0.05) is 140 Å². The molecule has 3 aromatic rings. The molecule has 44 heavy (non-hydrogen) atoms. The number of hydrogen-bond acceptors (Lipinski definition) is 2. The first kappa shape index (κ1) is 29.5. The summed E-state index contributed by atoms with van der Waals surface area (Å²) >= 11 is 0. The molecular formula is C42H44N2. The Morgan fingerprint density at radius 1 is 0.795 bits per heavy atom. The van der Waals surface area contributed by atoms with Gasteiger partial charge in [0.1, 0.15) is 6.17 Å². The molecule has 222 valence electrons. The van der Waals surface area contributed by atoms with Crippen molar-refractivity contribution in [3.63, 3.8) is 0 Å². The molecule has 0 bridgehead atoms. The van der Waals surface area contributed by atoms with E-state index in [4.69, 9.17) is 0 Å². The normalized spacial score (nSPS) is 21.9. The molecule has 1 heterocycles. The maximum absolute atomic E-state index is 3.91. The Balaban J connectivity index is 0.000000433. The van der Waals surface area contributed by atoms with Crippen LogP contribution in [0.1, 0.15) is 64.0 Å². The van der Waals surface area contributed by atoms with E-state index in [2.05, 4.69) is 172 Å². The van der Waals surface area contributed by atoms with Crippen LogP contribution in [-0.2, 0) is 0 Å². The zero-order valence-electron chi connectivity index (χ0n) is 26.5. The largest absolute Gasteiger partial charge is 0.363 e. The molecular weight excluding hydrogens is 532 g/mol. The fourth-order valence-corrected chi connectivity index (χ4v) is 6.86. The van der Waals surface area contributed by atoms with Crippen LogP contribution in [-0.4, -0.2) is 6.17 Å². The van der Waals surface area contributed by atoms with Gasteiger partial charge in [-0.15, -0.1) is 0 Å². The van der Waals surface area contributed by atoms with Gasteiger partial charge >= 0.3 is 0 Å². The Kier molecular flexibility index (Phi) is 8.98. The SMILES string of the molecule is C/C=C\N1c2c(c(C3C=CC=CC3C)c3ccccc3c2-c2ccccc2C2=CCC=CC=C2)NC1C.CC1=CCCC=C1. The minimum atomic E-state index is 0.160. The molecule has 1 N–H and O–H groups in total. The third-order valence-electron chi connectivity index (χ3n) is 9.00. The van der Waals surface area contributed by atoms with Gasteiger partial charge in [0.15, 0.2) is 0 Å². The van der Waals surface area contributed by atoms with Gasteiger partial charge in [0.2, 0.25) is 0 Å². The minimum Gasteiger partial charge on any atom is -0.363 e. The topological polar surface area (TPSA) is 15.3 Å². The van der Waals surface area contributed by atoms with Crippen molar-refractivity contribution in [1.82, 2.24) is 0 Å². The highest BCUT2D eigenvalue weighted by Gasteiger charge is 2.35. The van der Waals surface area contributed by atoms with Gasteiger partial charge in [-0.25, -0.2) is 0 Å². The van der Waals surface area contributed by atoms with Gasteiger partial charge < -0.3 is 10.2 Å². The van der Waals surface area contributed by atoms with Crippen LogP contribution in [0, 0.1) is 5.92 Å². The van der Waals surface area contributed by atoms with E-state index in [0.29, 0.717) is 11.8 Å². The van der Waals surface area contributed by atoms with Crippen molar-refractivity contribution >= 4 is 27.7 Å². The van der Waals surface area contributed by atoms with E-state index in [0.717, 1.165) is 6.42 Å². The molecule has 7 rings (SSSR count). The van der Waals surface area contributed by atoms with Gasteiger partial charge in [-0.05, 0) is 79.0 Å². The first-order valence-corrected chi connectivity index (χ1v) is 16.2. The Bertz CT molecular complexity index is 1770. The molecule has 3 unspecified atom stereocenters. The Morgan fingerprint density at radius 2 is 1.57 bits per heavy atom. The van der Waals surface area contributed by atoms with Crippen LogP contribution >= 0.6 is 0 Å². The molecule has 3 aromatic carbocycles. The maximum Gasteiger partial charge on any atom is 0.100 e. The maximum atomic E-state index is 3.91. The second-order valence-corrected chi connectivity index (χ2v) is 12.1. The van der Waals surface area contributed by atoms with Crippen LogP contribution < -0.4 is 10.2 Å². The minimum absolute atomic E-state index is 0.160. The molecule has 0 saturated heterocycles. The van der Waals surface area contributed by atoms with Crippen LogP contribution in [0.5, 0.6) is 0 Å². The molecule has 4 aliphatic rings.